The lowest BCUT2D eigenvalue weighted by atomic mass is 9.91. The van der Waals surface area contributed by atoms with Gasteiger partial charge in [0, 0.05) is 17.7 Å². The molecule has 0 bridgehead atoms. The number of hydrogen-bond acceptors (Lipinski definition) is 6. The van der Waals surface area contributed by atoms with Crippen molar-refractivity contribution < 1.29 is 24.0 Å². The van der Waals surface area contributed by atoms with Crippen molar-refractivity contribution in [1.82, 2.24) is 4.98 Å². The van der Waals surface area contributed by atoms with Crippen LogP contribution in [-0.2, 0) is 17.6 Å². The highest BCUT2D eigenvalue weighted by molar-refractivity contribution is 5.76. The highest BCUT2D eigenvalue weighted by atomic mass is 16.6. The van der Waals surface area contributed by atoms with Crippen LogP contribution in [0.1, 0.15) is 29.7 Å². The number of carbonyl (C=O) groups is 1. The molecule has 1 unspecified atom stereocenters. The van der Waals surface area contributed by atoms with E-state index in [0.717, 1.165) is 31.2 Å². The van der Waals surface area contributed by atoms with Crippen LogP contribution in [-0.4, -0.2) is 27.1 Å². The number of nitro groups is 1. The van der Waals surface area contributed by atoms with Gasteiger partial charge in [-0.25, -0.2) is 9.78 Å². The fourth-order valence-electron chi connectivity index (χ4n) is 3.60. The second-order valence-corrected chi connectivity index (χ2v) is 7.22. The second-order valence-electron chi connectivity index (χ2n) is 7.22. The minimum absolute atomic E-state index is 0.0710. The monoisotopic (exact) mass is 420 g/mol. The predicted octanol–water partition coefficient (Wildman–Crippen LogP) is 4.67. The molecule has 3 aromatic rings. The Morgan fingerprint density at radius 1 is 1.23 bits per heavy atom. The van der Waals surface area contributed by atoms with E-state index in [1.165, 1.54) is 36.1 Å². The van der Waals surface area contributed by atoms with Gasteiger partial charge >= 0.3 is 5.97 Å². The fourth-order valence-corrected chi connectivity index (χ4v) is 3.60. The first-order valence-corrected chi connectivity index (χ1v) is 9.90. The van der Waals surface area contributed by atoms with Crippen molar-refractivity contribution >= 4 is 17.7 Å². The first kappa shape index (κ1) is 20.3. The SMILES string of the molecule is O=C(O)C(C=Cc1coc(-c2cccc([N+](=O)[O-])c2)n1)Oc1cccc2c1CCCC2. The van der Waals surface area contributed by atoms with Crippen LogP contribution in [0.3, 0.4) is 0 Å². The highest BCUT2D eigenvalue weighted by Gasteiger charge is 2.20. The van der Waals surface area contributed by atoms with Crippen LogP contribution in [0.5, 0.6) is 5.75 Å². The minimum Gasteiger partial charge on any atom is -0.478 e. The second kappa shape index (κ2) is 8.83. The van der Waals surface area contributed by atoms with Crippen molar-refractivity contribution in [2.75, 3.05) is 0 Å². The molecule has 0 fully saturated rings. The van der Waals surface area contributed by atoms with Gasteiger partial charge in [0.15, 0.2) is 0 Å². The molecule has 8 heteroatoms. The molecule has 1 aliphatic rings. The van der Waals surface area contributed by atoms with Crippen LogP contribution in [0, 0.1) is 10.1 Å². The fraction of sp³-hybridized carbons (Fsp3) is 0.217. The van der Waals surface area contributed by atoms with E-state index in [4.69, 9.17) is 9.15 Å². The maximum atomic E-state index is 11.7. The lowest BCUT2D eigenvalue weighted by molar-refractivity contribution is -0.384. The molecule has 31 heavy (non-hydrogen) atoms. The van der Waals surface area contributed by atoms with E-state index in [0.29, 0.717) is 17.0 Å². The van der Waals surface area contributed by atoms with Crippen LogP contribution in [0.4, 0.5) is 5.69 Å². The molecule has 0 radical (unpaired) electrons. The van der Waals surface area contributed by atoms with Crippen LogP contribution < -0.4 is 4.74 Å². The number of ether oxygens (including phenoxy) is 1. The summed E-state index contributed by atoms with van der Waals surface area (Å²) in [5, 5.41) is 20.5. The van der Waals surface area contributed by atoms with Gasteiger partial charge in [0.1, 0.15) is 17.7 Å². The molecule has 0 saturated heterocycles. The lowest BCUT2D eigenvalue weighted by Crippen LogP contribution is -2.25. The third kappa shape index (κ3) is 4.63. The number of nitro benzene ring substituents is 1. The van der Waals surface area contributed by atoms with E-state index in [1.807, 2.05) is 6.07 Å². The van der Waals surface area contributed by atoms with Crippen molar-refractivity contribution in [3.63, 3.8) is 0 Å². The Morgan fingerprint density at radius 2 is 2.03 bits per heavy atom. The van der Waals surface area contributed by atoms with Crippen LogP contribution in [0.2, 0.25) is 0 Å². The third-order valence-corrected chi connectivity index (χ3v) is 5.12. The molecule has 1 aromatic heterocycles. The average molecular weight is 420 g/mol. The maximum absolute atomic E-state index is 11.7. The van der Waals surface area contributed by atoms with Crippen molar-refractivity contribution in [2.45, 2.75) is 31.8 Å². The van der Waals surface area contributed by atoms with Crippen molar-refractivity contribution in [2.24, 2.45) is 0 Å². The number of carboxylic acids is 1. The zero-order valence-electron chi connectivity index (χ0n) is 16.6. The zero-order valence-corrected chi connectivity index (χ0v) is 16.6. The van der Waals surface area contributed by atoms with Gasteiger partial charge in [-0.05, 0) is 61.1 Å². The lowest BCUT2D eigenvalue weighted by Gasteiger charge is -2.21. The topological polar surface area (TPSA) is 116 Å². The van der Waals surface area contributed by atoms with E-state index in [2.05, 4.69) is 11.1 Å². The molecule has 0 aliphatic heterocycles. The summed E-state index contributed by atoms with van der Waals surface area (Å²) in [5.41, 5.74) is 3.04. The Morgan fingerprint density at radius 3 is 2.84 bits per heavy atom. The van der Waals surface area contributed by atoms with E-state index >= 15 is 0 Å². The van der Waals surface area contributed by atoms with Gasteiger partial charge in [-0.3, -0.25) is 10.1 Å². The zero-order chi connectivity index (χ0) is 21.8. The molecule has 1 aliphatic carbocycles. The van der Waals surface area contributed by atoms with Crippen molar-refractivity contribution in [1.29, 1.82) is 0 Å². The Kier molecular flexibility index (Phi) is 5.79. The van der Waals surface area contributed by atoms with Gasteiger partial charge in [-0.2, -0.15) is 0 Å². The van der Waals surface area contributed by atoms with Gasteiger partial charge in [-0.1, -0.05) is 18.2 Å². The molecule has 1 atom stereocenters. The number of oxazole rings is 1. The van der Waals surface area contributed by atoms with Gasteiger partial charge in [0.25, 0.3) is 5.69 Å². The Labute approximate surface area is 178 Å². The van der Waals surface area contributed by atoms with E-state index in [9.17, 15) is 20.0 Å². The summed E-state index contributed by atoms with van der Waals surface area (Å²) in [5.74, 6) is -0.327. The molecule has 2 aromatic carbocycles. The number of nitrogens with zero attached hydrogens (tertiary/aromatic N) is 2. The standard InChI is InChI=1S/C23H20N2O6/c26-23(27)21(31-20-10-4-6-15-5-1-2-9-19(15)20)12-11-17-14-30-22(24-17)16-7-3-8-18(13-16)25(28)29/h3-4,6-8,10-14,21H,1-2,5,9H2,(H,26,27). The van der Waals surface area contributed by atoms with Gasteiger partial charge in [0.2, 0.25) is 12.0 Å². The van der Waals surface area contributed by atoms with E-state index in [-0.39, 0.29) is 11.6 Å². The summed E-state index contributed by atoms with van der Waals surface area (Å²) in [6.07, 6.45) is 7.09. The average Bonchev–Trinajstić information content (AvgIpc) is 3.25. The summed E-state index contributed by atoms with van der Waals surface area (Å²) < 4.78 is 11.2. The quantitative estimate of drug-likeness (QED) is 0.436. The summed E-state index contributed by atoms with van der Waals surface area (Å²) >= 11 is 0. The molecular weight excluding hydrogens is 400 g/mol. The molecule has 4 rings (SSSR count). The first-order valence-electron chi connectivity index (χ1n) is 9.90. The van der Waals surface area contributed by atoms with Crippen molar-refractivity contribution in [3.05, 3.63) is 81.7 Å². The Bertz CT molecular complexity index is 1150. The highest BCUT2D eigenvalue weighted by Crippen LogP contribution is 2.30. The summed E-state index contributed by atoms with van der Waals surface area (Å²) in [6, 6.07) is 11.7. The smallest absolute Gasteiger partial charge is 0.349 e. The first-order chi connectivity index (χ1) is 15.0. The van der Waals surface area contributed by atoms with Gasteiger partial charge in [-0.15, -0.1) is 0 Å². The largest absolute Gasteiger partial charge is 0.478 e. The van der Waals surface area contributed by atoms with Gasteiger partial charge in [0.05, 0.1) is 4.92 Å². The molecule has 0 saturated carbocycles. The van der Waals surface area contributed by atoms with Crippen LogP contribution in [0.25, 0.3) is 17.5 Å². The number of rotatable bonds is 7. The molecule has 0 amide bonds. The number of aryl methyl sites for hydroxylation is 1. The van der Waals surface area contributed by atoms with Crippen LogP contribution >= 0.6 is 0 Å². The number of fused-ring (bicyclic) bond motifs is 1. The number of aliphatic carboxylic acids is 1. The number of hydrogen-bond donors (Lipinski definition) is 1. The molecule has 1 heterocycles. The van der Waals surface area contributed by atoms with E-state index < -0.39 is 17.0 Å². The molecule has 8 nitrogen and oxygen atoms in total. The third-order valence-electron chi connectivity index (χ3n) is 5.12. The molecule has 1 N–H and O–H groups in total. The number of non-ortho nitro benzene ring substituents is 1. The van der Waals surface area contributed by atoms with E-state index in [1.54, 1.807) is 18.2 Å². The molecular formula is C23H20N2O6. The number of carboxylic acid groups (broad SMARTS) is 1. The number of aromatic nitrogens is 1. The predicted molar refractivity (Wildman–Crippen MR) is 113 cm³/mol. The Balaban J connectivity index is 1.52. The van der Waals surface area contributed by atoms with Gasteiger partial charge < -0.3 is 14.3 Å². The van der Waals surface area contributed by atoms with Crippen molar-refractivity contribution in [3.8, 4) is 17.2 Å². The Hall–Kier alpha value is -3.94. The normalized spacial score (nSPS) is 14.2. The molecule has 158 valence electrons. The number of benzene rings is 2. The minimum atomic E-state index is -1.19. The summed E-state index contributed by atoms with van der Waals surface area (Å²) in [4.78, 5) is 26.5. The maximum Gasteiger partial charge on any atom is 0.349 e. The summed E-state index contributed by atoms with van der Waals surface area (Å²) in [6.45, 7) is 0. The molecule has 0 spiro atoms. The van der Waals surface area contributed by atoms with Crippen LogP contribution in [0.15, 0.2) is 59.2 Å². The summed E-state index contributed by atoms with van der Waals surface area (Å²) in [7, 11) is 0.